The summed E-state index contributed by atoms with van der Waals surface area (Å²) in [5.41, 5.74) is -0.121. The van der Waals surface area contributed by atoms with Crippen LogP contribution < -0.4 is 0 Å². The van der Waals surface area contributed by atoms with Gasteiger partial charge in [0.1, 0.15) is 0 Å². The fourth-order valence-electron chi connectivity index (χ4n) is 2.03. The Hall–Kier alpha value is -0.120. The van der Waals surface area contributed by atoms with E-state index in [0.717, 1.165) is 32.3 Å². The van der Waals surface area contributed by atoms with Crippen molar-refractivity contribution in [2.45, 2.75) is 50.7 Å². The van der Waals surface area contributed by atoms with Crippen LogP contribution in [0.4, 0.5) is 0 Å². The van der Waals surface area contributed by atoms with Gasteiger partial charge in [-0.3, -0.25) is 0 Å². The van der Waals surface area contributed by atoms with Gasteiger partial charge in [0.05, 0.1) is 18.3 Å². The first-order chi connectivity index (χ1) is 6.68. The molecule has 1 aliphatic rings. The highest BCUT2D eigenvalue weighted by atomic mass is 16.5. The average molecular weight is 202 g/mol. The fraction of sp³-hybridized carbons (Fsp3) is 1.00. The van der Waals surface area contributed by atoms with Gasteiger partial charge in [0.25, 0.3) is 0 Å². The van der Waals surface area contributed by atoms with E-state index in [9.17, 15) is 5.11 Å². The maximum Gasteiger partial charge on any atom is 0.0915 e. The summed E-state index contributed by atoms with van der Waals surface area (Å²) in [5, 5.41) is 9.27. The van der Waals surface area contributed by atoms with Crippen molar-refractivity contribution in [1.29, 1.82) is 0 Å². The number of rotatable bonds is 5. The fourth-order valence-corrected chi connectivity index (χ4v) is 2.03. The smallest absolute Gasteiger partial charge is 0.0915 e. The van der Waals surface area contributed by atoms with Gasteiger partial charge >= 0.3 is 0 Å². The first-order valence-electron chi connectivity index (χ1n) is 5.49. The topological polar surface area (TPSA) is 38.7 Å². The average Bonchev–Trinajstić information content (AvgIpc) is 2.17. The van der Waals surface area contributed by atoms with E-state index in [2.05, 4.69) is 0 Å². The van der Waals surface area contributed by atoms with Gasteiger partial charge < -0.3 is 14.6 Å². The lowest BCUT2D eigenvalue weighted by atomic mass is 9.89. The first kappa shape index (κ1) is 12.0. The SMILES string of the molecule is COCC1(CCC(C)O)CCCCO1. The number of hydrogen-bond acceptors (Lipinski definition) is 3. The quantitative estimate of drug-likeness (QED) is 0.738. The minimum absolute atomic E-state index is 0.121. The summed E-state index contributed by atoms with van der Waals surface area (Å²) in [5.74, 6) is 0. The molecule has 0 radical (unpaired) electrons. The van der Waals surface area contributed by atoms with Crippen LogP contribution in [0.3, 0.4) is 0 Å². The summed E-state index contributed by atoms with van der Waals surface area (Å²) < 4.78 is 11.0. The van der Waals surface area contributed by atoms with Crippen LogP contribution in [0.5, 0.6) is 0 Å². The molecule has 1 aliphatic heterocycles. The van der Waals surface area contributed by atoms with E-state index in [-0.39, 0.29) is 11.7 Å². The van der Waals surface area contributed by atoms with E-state index in [0.29, 0.717) is 6.61 Å². The maximum atomic E-state index is 9.27. The van der Waals surface area contributed by atoms with Gasteiger partial charge in [0.2, 0.25) is 0 Å². The second kappa shape index (κ2) is 5.69. The van der Waals surface area contributed by atoms with Crippen molar-refractivity contribution >= 4 is 0 Å². The molecule has 0 bridgehead atoms. The summed E-state index contributed by atoms with van der Waals surface area (Å²) >= 11 is 0. The van der Waals surface area contributed by atoms with Crippen LogP contribution in [0, 0.1) is 0 Å². The summed E-state index contributed by atoms with van der Waals surface area (Å²) in [6.45, 7) is 3.31. The highest BCUT2D eigenvalue weighted by Gasteiger charge is 2.33. The zero-order valence-corrected chi connectivity index (χ0v) is 9.29. The highest BCUT2D eigenvalue weighted by Crippen LogP contribution is 2.30. The van der Waals surface area contributed by atoms with Crippen LogP contribution in [0.2, 0.25) is 0 Å². The van der Waals surface area contributed by atoms with Gasteiger partial charge in [-0.25, -0.2) is 0 Å². The van der Waals surface area contributed by atoms with Gasteiger partial charge in [-0.05, 0) is 39.0 Å². The van der Waals surface area contributed by atoms with E-state index < -0.39 is 0 Å². The van der Waals surface area contributed by atoms with Crippen LogP contribution in [0.1, 0.15) is 39.0 Å². The Morgan fingerprint density at radius 2 is 2.29 bits per heavy atom. The molecular weight excluding hydrogens is 180 g/mol. The third-order valence-electron chi connectivity index (χ3n) is 2.86. The molecule has 1 heterocycles. The molecule has 0 aromatic heterocycles. The van der Waals surface area contributed by atoms with Gasteiger partial charge in [-0.2, -0.15) is 0 Å². The van der Waals surface area contributed by atoms with E-state index in [4.69, 9.17) is 9.47 Å². The standard InChI is InChI=1S/C11H22O3/c1-10(12)5-7-11(9-13-2)6-3-4-8-14-11/h10,12H,3-9H2,1-2H3. The number of hydrogen-bond donors (Lipinski definition) is 1. The summed E-state index contributed by atoms with van der Waals surface area (Å²) in [7, 11) is 1.71. The lowest BCUT2D eigenvalue weighted by molar-refractivity contribution is -0.123. The molecule has 3 heteroatoms. The molecule has 0 saturated carbocycles. The zero-order valence-electron chi connectivity index (χ0n) is 9.29. The molecule has 0 spiro atoms. The predicted molar refractivity (Wildman–Crippen MR) is 55.3 cm³/mol. The van der Waals surface area contributed by atoms with Crippen molar-refractivity contribution in [2.75, 3.05) is 20.3 Å². The molecule has 1 fully saturated rings. The lowest BCUT2D eigenvalue weighted by Crippen LogP contribution is -2.41. The Bertz CT molecular complexity index is 145. The van der Waals surface area contributed by atoms with Crippen molar-refractivity contribution in [3.05, 3.63) is 0 Å². The Labute approximate surface area is 86.4 Å². The Morgan fingerprint density at radius 3 is 2.79 bits per heavy atom. The molecule has 0 aromatic rings. The zero-order chi connectivity index (χ0) is 10.4. The molecule has 1 saturated heterocycles. The van der Waals surface area contributed by atoms with Gasteiger partial charge in [-0.1, -0.05) is 0 Å². The summed E-state index contributed by atoms with van der Waals surface area (Å²) in [6.07, 6.45) is 4.88. The predicted octanol–water partition coefficient (Wildman–Crippen LogP) is 1.73. The van der Waals surface area contributed by atoms with E-state index >= 15 is 0 Å². The third-order valence-corrected chi connectivity index (χ3v) is 2.86. The van der Waals surface area contributed by atoms with Gasteiger partial charge in [-0.15, -0.1) is 0 Å². The van der Waals surface area contributed by atoms with Crippen LogP contribution in [0.15, 0.2) is 0 Å². The van der Waals surface area contributed by atoms with Crippen LogP contribution in [-0.4, -0.2) is 37.1 Å². The molecular formula is C11H22O3. The maximum absolute atomic E-state index is 9.27. The molecule has 1 N–H and O–H groups in total. The number of aliphatic hydroxyl groups is 1. The Balaban J connectivity index is 2.42. The molecule has 0 aromatic carbocycles. The lowest BCUT2D eigenvalue weighted by Gasteiger charge is -2.37. The van der Waals surface area contributed by atoms with Gasteiger partial charge in [0.15, 0.2) is 0 Å². The Morgan fingerprint density at radius 1 is 1.50 bits per heavy atom. The molecule has 84 valence electrons. The normalized spacial score (nSPS) is 30.2. The molecule has 2 unspecified atom stereocenters. The second-order valence-corrected chi connectivity index (χ2v) is 4.31. The van der Waals surface area contributed by atoms with Crippen molar-refractivity contribution in [3.63, 3.8) is 0 Å². The molecule has 0 aliphatic carbocycles. The summed E-state index contributed by atoms with van der Waals surface area (Å²) in [4.78, 5) is 0. The Kier molecular flexibility index (Phi) is 4.85. The van der Waals surface area contributed by atoms with Crippen molar-refractivity contribution in [1.82, 2.24) is 0 Å². The van der Waals surface area contributed by atoms with Crippen molar-refractivity contribution < 1.29 is 14.6 Å². The molecule has 0 amide bonds. The number of aliphatic hydroxyl groups excluding tert-OH is 1. The minimum atomic E-state index is -0.241. The summed E-state index contributed by atoms with van der Waals surface area (Å²) in [6, 6.07) is 0. The van der Waals surface area contributed by atoms with Gasteiger partial charge in [0, 0.05) is 13.7 Å². The highest BCUT2D eigenvalue weighted by molar-refractivity contribution is 4.83. The molecule has 14 heavy (non-hydrogen) atoms. The largest absolute Gasteiger partial charge is 0.393 e. The third kappa shape index (κ3) is 3.56. The second-order valence-electron chi connectivity index (χ2n) is 4.31. The monoisotopic (exact) mass is 202 g/mol. The van der Waals surface area contributed by atoms with Crippen LogP contribution in [0.25, 0.3) is 0 Å². The van der Waals surface area contributed by atoms with E-state index in [1.165, 1.54) is 6.42 Å². The van der Waals surface area contributed by atoms with Crippen LogP contribution >= 0.6 is 0 Å². The first-order valence-corrected chi connectivity index (χ1v) is 5.49. The van der Waals surface area contributed by atoms with Crippen molar-refractivity contribution in [2.24, 2.45) is 0 Å². The van der Waals surface area contributed by atoms with E-state index in [1.807, 2.05) is 6.92 Å². The van der Waals surface area contributed by atoms with Crippen molar-refractivity contribution in [3.8, 4) is 0 Å². The van der Waals surface area contributed by atoms with E-state index in [1.54, 1.807) is 7.11 Å². The number of methoxy groups -OCH3 is 1. The van der Waals surface area contributed by atoms with Crippen LogP contribution in [-0.2, 0) is 9.47 Å². The minimum Gasteiger partial charge on any atom is -0.393 e. The molecule has 1 rings (SSSR count). The molecule has 3 nitrogen and oxygen atoms in total. The number of ether oxygens (including phenoxy) is 2. The molecule has 2 atom stereocenters.